The summed E-state index contributed by atoms with van der Waals surface area (Å²) in [6.45, 7) is 6.27. The fourth-order valence-electron chi connectivity index (χ4n) is 2.74. The van der Waals surface area contributed by atoms with Crippen LogP contribution in [0.4, 0.5) is 0 Å². The van der Waals surface area contributed by atoms with Gasteiger partial charge in [-0.3, -0.25) is 9.69 Å². The van der Waals surface area contributed by atoms with Crippen LogP contribution < -0.4 is 5.32 Å². The van der Waals surface area contributed by atoms with Crippen molar-refractivity contribution in [2.75, 3.05) is 33.2 Å². The number of likely N-dealkylation sites (tertiary alicyclic amines) is 2. The van der Waals surface area contributed by atoms with Crippen LogP contribution in [-0.2, 0) is 4.79 Å². The monoisotopic (exact) mass is 225 g/mol. The van der Waals surface area contributed by atoms with E-state index in [1.54, 1.807) is 0 Å². The number of hydrogen-bond donors (Lipinski definition) is 1. The highest BCUT2D eigenvalue weighted by Crippen LogP contribution is 2.20. The van der Waals surface area contributed by atoms with E-state index in [0.29, 0.717) is 6.04 Å². The first-order chi connectivity index (χ1) is 7.72. The third-order valence-corrected chi connectivity index (χ3v) is 3.94. The minimum absolute atomic E-state index is 0.0441. The van der Waals surface area contributed by atoms with Gasteiger partial charge >= 0.3 is 0 Å². The standard InChI is InChI=1S/C12H23N3O/c1-10(13-2)12(16)15-8-5-11(9-15)14-6-3-4-7-14/h10-11,13H,3-9H2,1-2H3. The lowest BCUT2D eigenvalue weighted by molar-refractivity contribution is -0.132. The van der Waals surface area contributed by atoms with Gasteiger partial charge in [0, 0.05) is 19.1 Å². The Morgan fingerprint density at radius 3 is 2.62 bits per heavy atom. The van der Waals surface area contributed by atoms with E-state index < -0.39 is 0 Å². The van der Waals surface area contributed by atoms with Crippen LogP contribution in [0.3, 0.4) is 0 Å². The molecule has 2 atom stereocenters. The average Bonchev–Trinajstić information content (AvgIpc) is 2.96. The Morgan fingerprint density at radius 2 is 2.00 bits per heavy atom. The lowest BCUT2D eigenvalue weighted by Gasteiger charge is -2.24. The van der Waals surface area contributed by atoms with Crippen LogP contribution in [0.15, 0.2) is 0 Å². The molecule has 2 saturated heterocycles. The van der Waals surface area contributed by atoms with Crippen molar-refractivity contribution in [1.82, 2.24) is 15.1 Å². The fraction of sp³-hybridized carbons (Fsp3) is 0.917. The van der Waals surface area contributed by atoms with Crippen molar-refractivity contribution in [3.05, 3.63) is 0 Å². The number of rotatable bonds is 3. The van der Waals surface area contributed by atoms with Crippen LogP contribution >= 0.6 is 0 Å². The molecular weight excluding hydrogens is 202 g/mol. The summed E-state index contributed by atoms with van der Waals surface area (Å²) in [6.07, 6.45) is 3.82. The fourth-order valence-corrected chi connectivity index (χ4v) is 2.74. The lowest BCUT2D eigenvalue weighted by Crippen LogP contribution is -2.44. The van der Waals surface area contributed by atoms with Crippen molar-refractivity contribution in [2.45, 2.75) is 38.3 Å². The van der Waals surface area contributed by atoms with Crippen molar-refractivity contribution in [3.63, 3.8) is 0 Å². The molecule has 0 radical (unpaired) electrons. The third kappa shape index (κ3) is 2.38. The molecule has 0 aliphatic carbocycles. The second kappa shape index (κ2) is 5.15. The topological polar surface area (TPSA) is 35.6 Å². The molecule has 4 heteroatoms. The summed E-state index contributed by atoms with van der Waals surface area (Å²) in [7, 11) is 1.84. The molecule has 0 saturated carbocycles. The lowest BCUT2D eigenvalue weighted by atomic mass is 10.2. The van der Waals surface area contributed by atoms with Gasteiger partial charge in [-0.1, -0.05) is 0 Å². The Balaban J connectivity index is 1.85. The first-order valence-corrected chi connectivity index (χ1v) is 6.42. The predicted octanol–water partition coefficient (Wildman–Crippen LogP) is 0.291. The molecule has 2 heterocycles. The number of hydrogen-bond acceptors (Lipinski definition) is 3. The molecule has 0 aromatic carbocycles. The maximum atomic E-state index is 12.0. The summed E-state index contributed by atoms with van der Waals surface area (Å²) < 4.78 is 0. The van der Waals surface area contributed by atoms with Crippen molar-refractivity contribution >= 4 is 5.91 Å². The van der Waals surface area contributed by atoms with Crippen molar-refractivity contribution in [2.24, 2.45) is 0 Å². The first-order valence-electron chi connectivity index (χ1n) is 6.42. The minimum atomic E-state index is -0.0441. The zero-order chi connectivity index (χ0) is 11.5. The first kappa shape index (κ1) is 11.9. The number of nitrogens with one attached hydrogen (secondary N) is 1. The van der Waals surface area contributed by atoms with Crippen LogP contribution in [0.1, 0.15) is 26.2 Å². The number of amides is 1. The van der Waals surface area contributed by atoms with Crippen LogP contribution in [-0.4, -0.2) is 61.0 Å². The second-order valence-electron chi connectivity index (χ2n) is 4.98. The highest BCUT2D eigenvalue weighted by Gasteiger charge is 2.32. The third-order valence-electron chi connectivity index (χ3n) is 3.94. The molecule has 2 fully saturated rings. The molecule has 2 aliphatic rings. The zero-order valence-electron chi connectivity index (χ0n) is 10.4. The molecule has 0 aromatic rings. The van der Waals surface area contributed by atoms with Gasteiger partial charge in [-0.05, 0) is 46.3 Å². The van der Waals surface area contributed by atoms with Crippen molar-refractivity contribution in [1.29, 1.82) is 0 Å². The predicted molar refractivity (Wildman–Crippen MR) is 64.3 cm³/mol. The quantitative estimate of drug-likeness (QED) is 0.750. The van der Waals surface area contributed by atoms with E-state index in [1.807, 2.05) is 18.9 Å². The smallest absolute Gasteiger partial charge is 0.239 e. The molecule has 4 nitrogen and oxygen atoms in total. The van der Waals surface area contributed by atoms with E-state index in [0.717, 1.165) is 19.5 Å². The molecular formula is C12H23N3O. The molecule has 16 heavy (non-hydrogen) atoms. The summed E-state index contributed by atoms with van der Waals surface area (Å²) >= 11 is 0. The SMILES string of the molecule is CNC(C)C(=O)N1CCC(N2CCCC2)C1. The van der Waals surface area contributed by atoms with Gasteiger partial charge < -0.3 is 10.2 Å². The van der Waals surface area contributed by atoms with Crippen LogP contribution in [0.2, 0.25) is 0 Å². The van der Waals surface area contributed by atoms with Gasteiger partial charge in [-0.15, -0.1) is 0 Å². The van der Waals surface area contributed by atoms with Crippen LogP contribution in [0, 0.1) is 0 Å². The summed E-state index contributed by atoms with van der Waals surface area (Å²) in [4.78, 5) is 16.6. The molecule has 2 aliphatic heterocycles. The van der Waals surface area contributed by atoms with Gasteiger partial charge in [-0.25, -0.2) is 0 Å². The van der Waals surface area contributed by atoms with Crippen molar-refractivity contribution < 1.29 is 4.79 Å². The number of carbonyl (C=O) groups is 1. The van der Waals surface area contributed by atoms with E-state index in [4.69, 9.17) is 0 Å². The van der Waals surface area contributed by atoms with E-state index in [9.17, 15) is 4.79 Å². The summed E-state index contributed by atoms with van der Waals surface area (Å²) in [6, 6.07) is 0.577. The van der Waals surface area contributed by atoms with Crippen LogP contribution in [0.25, 0.3) is 0 Å². The van der Waals surface area contributed by atoms with Gasteiger partial charge in [-0.2, -0.15) is 0 Å². The Labute approximate surface area is 98.0 Å². The van der Waals surface area contributed by atoms with Gasteiger partial charge in [0.25, 0.3) is 0 Å². The zero-order valence-corrected chi connectivity index (χ0v) is 10.4. The highest BCUT2D eigenvalue weighted by molar-refractivity contribution is 5.81. The highest BCUT2D eigenvalue weighted by atomic mass is 16.2. The molecule has 0 bridgehead atoms. The summed E-state index contributed by atoms with van der Waals surface area (Å²) in [5.74, 6) is 0.254. The Kier molecular flexibility index (Phi) is 3.82. The van der Waals surface area contributed by atoms with Gasteiger partial charge in [0.05, 0.1) is 6.04 Å². The Hall–Kier alpha value is -0.610. The maximum absolute atomic E-state index is 12.0. The molecule has 0 aromatic heterocycles. The summed E-state index contributed by atoms with van der Waals surface area (Å²) in [5.41, 5.74) is 0. The summed E-state index contributed by atoms with van der Waals surface area (Å²) in [5, 5.41) is 3.02. The van der Waals surface area contributed by atoms with E-state index in [1.165, 1.54) is 25.9 Å². The van der Waals surface area contributed by atoms with Crippen LogP contribution in [0.5, 0.6) is 0 Å². The molecule has 2 rings (SSSR count). The average molecular weight is 225 g/mol. The number of nitrogens with zero attached hydrogens (tertiary/aromatic N) is 2. The van der Waals surface area contributed by atoms with Gasteiger partial charge in [0.15, 0.2) is 0 Å². The number of likely N-dealkylation sites (N-methyl/N-ethyl adjacent to an activating group) is 1. The van der Waals surface area contributed by atoms with E-state index >= 15 is 0 Å². The molecule has 92 valence electrons. The largest absolute Gasteiger partial charge is 0.340 e. The maximum Gasteiger partial charge on any atom is 0.239 e. The second-order valence-corrected chi connectivity index (χ2v) is 4.98. The molecule has 1 amide bonds. The van der Waals surface area contributed by atoms with E-state index in [-0.39, 0.29) is 11.9 Å². The number of carbonyl (C=O) groups excluding carboxylic acids is 1. The van der Waals surface area contributed by atoms with Gasteiger partial charge in [0.1, 0.15) is 0 Å². The van der Waals surface area contributed by atoms with Crippen molar-refractivity contribution in [3.8, 4) is 0 Å². The molecule has 2 unspecified atom stereocenters. The Morgan fingerprint density at radius 1 is 1.31 bits per heavy atom. The normalized spacial score (nSPS) is 28.6. The minimum Gasteiger partial charge on any atom is -0.340 e. The Bertz CT molecular complexity index is 251. The molecule has 0 spiro atoms. The van der Waals surface area contributed by atoms with Gasteiger partial charge in [0.2, 0.25) is 5.91 Å². The molecule has 1 N–H and O–H groups in total. The van der Waals surface area contributed by atoms with E-state index in [2.05, 4.69) is 10.2 Å².